The molecule has 4 aromatic rings. The van der Waals surface area contributed by atoms with Crippen molar-refractivity contribution >= 4 is 10.9 Å². The van der Waals surface area contributed by atoms with Crippen LogP contribution in [0.25, 0.3) is 27.8 Å². The van der Waals surface area contributed by atoms with Crippen molar-refractivity contribution in [2.75, 3.05) is 6.79 Å². The number of nitrogens with zero attached hydrogens (tertiary/aromatic N) is 3. The van der Waals surface area contributed by atoms with E-state index in [4.69, 9.17) is 14.5 Å². The molecule has 2 aromatic heterocycles. The average molecular weight is 329 g/mol. The molecule has 0 N–H and O–H groups in total. The van der Waals surface area contributed by atoms with Gasteiger partial charge in [-0.25, -0.2) is 9.97 Å². The number of fused-ring (bicyclic) bond motifs is 2. The Morgan fingerprint density at radius 1 is 1.00 bits per heavy atom. The van der Waals surface area contributed by atoms with Gasteiger partial charge < -0.3 is 14.0 Å². The van der Waals surface area contributed by atoms with Crippen molar-refractivity contribution in [1.29, 1.82) is 0 Å². The smallest absolute Gasteiger partial charge is 0.231 e. The maximum Gasteiger partial charge on any atom is 0.231 e. The van der Waals surface area contributed by atoms with Crippen LogP contribution in [0.3, 0.4) is 0 Å². The Balaban J connectivity index is 1.59. The number of benzene rings is 2. The first-order valence-electron chi connectivity index (χ1n) is 8.08. The molecule has 0 amide bonds. The SMILES string of the molecule is Cc1cc(-c2ccc(-n3ccnc3)cc2)nc2cc3c(cc12)OCO3. The quantitative estimate of drug-likeness (QED) is 0.555. The number of rotatable bonds is 2. The minimum atomic E-state index is 0.271. The fourth-order valence-electron chi connectivity index (χ4n) is 3.15. The Morgan fingerprint density at radius 3 is 2.56 bits per heavy atom. The largest absolute Gasteiger partial charge is 0.454 e. The minimum absolute atomic E-state index is 0.271. The molecule has 25 heavy (non-hydrogen) atoms. The third-order valence-corrected chi connectivity index (χ3v) is 4.48. The van der Waals surface area contributed by atoms with E-state index in [0.29, 0.717) is 0 Å². The standard InChI is InChI=1S/C20H15N3O2/c1-13-8-17(14-2-4-15(5-3-14)23-7-6-21-11-23)22-18-10-20-19(9-16(13)18)24-12-25-20/h2-11H,12H2,1H3. The van der Waals surface area contributed by atoms with Gasteiger partial charge in [-0.1, -0.05) is 12.1 Å². The lowest BCUT2D eigenvalue weighted by atomic mass is 10.0. The maximum atomic E-state index is 5.48. The van der Waals surface area contributed by atoms with Crippen LogP contribution in [0.5, 0.6) is 11.5 Å². The number of ether oxygens (including phenoxy) is 2. The number of imidazole rings is 1. The molecule has 122 valence electrons. The van der Waals surface area contributed by atoms with E-state index in [2.05, 4.69) is 42.2 Å². The van der Waals surface area contributed by atoms with Gasteiger partial charge in [0.25, 0.3) is 0 Å². The van der Waals surface area contributed by atoms with Gasteiger partial charge in [0.05, 0.1) is 17.5 Å². The Hall–Kier alpha value is -3.34. The first-order chi connectivity index (χ1) is 12.3. The number of hydrogen-bond acceptors (Lipinski definition) is 4. The molecular formula is C20H15N3O2. The first-order valence-corrected chi connectivity index (χ1v) is 8.08. The second kappa shape index (κ2) is 5.34. The first kappa shape index (κ1) is 14.0. The summed E-state index contributed by atoms with van der Waals surface area (Å²) in [5, 5.41) is 1.09. The van der Waals surface area contributed by atoms with Crippen molar-refractivity contribution < 1.29 is 9.47 Å². The molecule has 2 aromatic carbocycles. The lowest BCUT2D eigenvalue weighted by Crippen LogP contribution is -1.92. The van der Waals surface area contributed by atoms with Gasteiger partial charge in [0.15, 0.2) is 11.5 Å². The zero-order valence-electron chi connectivity index (χ0n) is 13.6. The van der Waals surface area contributed by atoms with Gasteiger partial charge in [-0.15, -0.1) is 0 Å². The summed E-state index contributed by atoms with van der Waals surface area (Å²) in [5.74, 6) is 1.54. The summed E-state index contributed by atoms with van der Waals surface area (Å²) in [6.07, 6.45) is 5.48. The topological polar surface area (TPSA) is 49.2 Å². The van der Waals surface area contributed by atoms with Crippen LogP contribution in [0.15, 0.2) is 61.2 Å². The van der Waals surface area contributed by atoms with Gasteiger partial charge in [0, 0.05) is 35.1 Å². The van der Waals surface area contributed by atoms with E-state index >= 15 is 0 Å². The summed E-state index contributed by atoms with van der Waals surface area (Å²) in [7, 11) is 0. The van der Waals surface area contributed by atoms with Gasteiger partial charge >= 0.3 is 0 Å². The van der Waals surface area contributed by atoms with Crippen molar-refractivity contribution in [1.82, 2.24) is 14.5 Å². The van der Waals surface area contributed by atoms with Crippen LogP contribution in [0.1, 0.15) is 5.56 Å². The van der Waals surface area contributed by atoms with Gasteiger partial charge in [-0.05, 0) is 36.8 Å². The molecule has 0 fully saturated rings. The molecule has 0 saturated heterocycles. The minimum Gasteiger partial charge on any atom is -0.454 e. The number of aromatic nitrogens is 3. The highest BCUT2D eigenvalue weighted by molar-refractivity contribution is 5.88. The van der Waals surface area contributed by atoms with Crippen LogP contribution < -0.4 is 9.47 Å². The Morgan fingerprint density at radius 2 is 1.80 bits per heavy atom. The molecule has 5 heteroatoms. The van der Waals surface area contributed by atoms with Gasteiger partial charge in [0.2, 0.25) is 6.79 Å². The molecule has 0 radical (unpaired) electrons. The molecule has 0 bridgehead atoms. The molecule has 0 unspecified atom stereocenters. The fraction of sp³-hybridized carbons (Fsp3) is 0.100. The Kier molecular flexibility index (Phi) is 3.00. The Labute approximate surface area is 144 Å². The van der Waals surface area contributed by atoms with Crippen LogP contribution >= 0.6 is 0 Å². The van der Waals surface area contributed by atoms with Crippen LogP contribution in [-0.2, 0) is 0 Å². The van der Waals surface area contributed by atoms with Crippen molar-refractivity contribution in [3.8, 4) is 28.4 Å². The molecule has 3 heterocycles. The summed E-state index contributed by atoms with van der Waals surface area (Å²) in [6.45, 7) is 2.36. The van der Waals surface area contributed by atoms with Crippen molar-refractivity contribution in [2.45, 2.75) is 6.92 Å². The summed E-state index contributed by atoms with van der Waals surface area (Å²) in [5.41, 5.74) is 5.17. The van der Waals surface area contributed by atoms with E-state index in [1.165, 1.54) is 0 Å². The van der Waals surface area contributed by atoms with E-state index in [1.807, 2.05) is 22.9 Å². The maximum absolute atomic E-state index is 5.48. The van der Waals surface area contributed by atoms with Crippen LogP contribution in [-0.4, -0.2) is 21.3 Å². The van der Waals surface area contributed by atoms with E-state index in [1.54, 1.807) is 12.5 Å². The predicted molar refractivity (Wildman–Crippen MR) is 95.2 cm³/mol. The summed E-state index contributed by atoms with van der Waals surface area (Å²) in [6, 6.07) is 14.4. The van der Waals surface area contributed by atoms with E-state index < -0.39 is 0 Å². The van der Waals surface area contributed by atoms with Crippen molar-refractivity contribution in [3.63, 3.8) is 0 Å². The summed E-state index contributed by atoms with van der Waals surface area (Å²) >= 11 is 0. The molecule has 0 aliphatic carbocycles. The van der Waals surface area contributed by atoms with Gasteiger partial charge in [0.1, 0.15) is 0 Å². The number of hydrogen-bond donors (Lipinski definition) is 0. The van der Waals surface area contributed by atoms with Crippen LogP contribution in [0, 0.1) is 6.92 Å². The average Bonchev–Trinajstić information content (AvgIpc) is 3.32. The van der Waals surface area contributed by atoms with Crippen LogP contribution in [0.4, 0.5) is 0 Å². The second-order valence-electron chi connectivity index (χ2n) is 6.06. The van der Waals surface area contributed by atoms with E-state index in [0.717, 1.165) is 44.9 Å². The van der Waals surface area contributed by atoms with E-state index in [9.17, 15) is 0 Å². The van der Waals surface area contributed by atoms with Gasteiger partial charge in [-0.2, -0.15) is 0 Å². The molecule has 0 spiro atoms. The molecular weight excluding hydrogens is 314 g/mol. The number of pyridine rings is 1. The molecule has 0 atom stereocenters. The van der Waals surface area contributed by atoms with E-state index in [-0.39, 0.29) is 6.79 Å². The lowest BCUT2D eigenvalue weighted by molar-refractivity contribution is 0.174. The normalized spacial score (nSPS) is 12.7. The monoisotopic (exact) mass is 329 g/mol. The summed E-state index contributed by atoms with van der Waals surface area (Å²) in [4.78, 5) is 8.90. The second-order valence-corrected chi connectivity index (χ2v) is 6.06. The zero-order valence-corrected chi connectivity index (χ0v) is 13.6. The fourth-order valence-corrected chi connectivity index (χ4v) is 3.15. The molecule has 1 aliphatic rings. The molecule has 1 aliphatic heterocycles. The van der Waals surface area contributed by atoms with Crippen molar-refractivity contribution in [2.24, 2.45) is 0 Å². The third-order valence-electron chi connectivity index (χ3n) is 4.48. The van der Waals surface area contributed by atoms with Gasteiger partial charge in [-0.3, -0.25) is 0 Å². The zero-order chi connectivity index (χ0) is 16.8. The predicted octanol–water partition coefficient (Wildman–Crippen LogP) is 4.12. The highest BCUT2D eigenvalue weighted by Crippen LogP contribution is 2.37. The third kappa shape index (κ3) is 2.32. The van der Waals surface area contributed by atoms with Crippen LogP contribution in [0.2, 0.25) is 0 Å². The molecule has 0 saturated carbocycles. The lowest BCUT2D eigenvalue weighted by Gasteiger charge is -2.09. The highest BCUT2D eigenvalue weighted by Gasteiger charge is 2.16. The van der Waals surface area contributed by atoms with Crippen molar-refractivity contribution in [3.05, 3.63) is 66.7 Å². The molecule has 5 rings (SSSR count). The summed E-state index contributed by atoms with van der Waals surface area (Å²) < 4.78 is 12.9. The Bertz CT molecular complexity index is 1070. The molecule has 5 nitrogen and oxygen atoms in total. The highest BCUT2D eigenvalue weighted by atomic mass is 16.7. The number of aryl methyl sites for hydroxylation is 1.